The van der Waals surface area contributed by atoms with E-state index in [1.165, 1.54) is 33.9 Å². The molecule has 1 N–H and O–H groups in total. The topological polar surface area (TPSA) is 106 Å². The molecule has 8 heteroatoms. The van der Waals surface area contributed by atoms with E-state index in [1.807, 2.05) is 0 Å². The van der Waals surface area contributed by atoms with Crippen molar-refractivity contribution < 1.29 is 14.8 Å². The Balaban J connectivity index is 2.00. The van der Waals surface area contributed by atoms with Gasteiger partial charge in [0, 0.05) is 25.4 Å². The third-order valence-electron chi connectivity index (χ3n) is 4.22. The summed E-state index contributed by atoms with van der Waals surface area (Å²) < 4.78 is 1.43. The van der Waals surface area contributed by atoms with Gasteiger partial charge in [-0.25, -0.2) is 4.79 Å². The molecule has 1 amide bonds. The van der Waals surface area contributed by atoms with Crippen LogP contribution in [0.2, 0.25) is 0 Å². The molecule has 1 aromatic carbocycles. The number of nitrogens with zero attached hydrogens (tertiary/aromatic N) is 3. The third-order valence-corrected chi connectivity index (χ3v) is 4.22. The van der Waals surface area contributed by atoms with E-state index in [9.17, 15) is 19.7 Å². The predicted molar refractivity (Wildman–Crippen MR) is 82.6 cm³/mol. The quantitative estimate of drug-likeness (QED) is 0.689. The van der Waals surface area contributed by atoms with Gasteiger partial charge in [-0.3, -0.25) is 14.9 Å². The van der Waals surface area contributed by atoms with Crippen LogP contribution >= 0.6 is 0 Å². The van der Waals surface area contributed by atoms with Crippen molar-refractivity contribution in [3.63, 3.8) is 0 Å². The molecule has 1 aliphatic heterocycles. The molecule has 1 unspecified atom stereocenters. The van der Waals surface area contributed by atoms with E-state index >= 15 is 0 Å². The molecule has 23 heavy (non-hydrogen) atoms. The zero-order valence-corrected chi connectivity index (χ0v) is 12.2. The highest BCUT2D eigenvalue weighted by atomic mass is 16.6. The number of likely N-dealkylation sites (tertiary alicyclic amines) is 1. The molecule has 1 aliphatic rings. The Morgan fingerprint density at radius 2 is 2.13 bits per heavy atom. The smallest absolute Gasteiger partial charge is 0.407 e. The minimum atomic E-state index is -0.989. The SMILES string of the molecule is O=C(O)N1CCCC1Cn1ccc2c([N+](=O)[O-])cccc2c1=O. The van der Waals surface area contributed by atoms with Crippen molar-refractivity contribution in [2.45, 2.75) is 25.4 Å². The van der Waals surface area contributed by atoms with Gasteiger partial charge in [-0.05, 0) is 25.0 Å². The molecule has 1 aromatic heterocycles. The minimum absolute atomic E-state index is 0.111. The van der Waals surface area contributed by atoms with Gasteiger partial charge in [0.2, 0.25) is 0 Å². The Kier molecular flexibility index (Phi) is 3.73. The molecule has 0 spiro atoms. The van der Waals surface area contributed by atoms with E-state index in [0.29, 0.717) is 18.4 Å². The fourth-order valence-electron chi connectivity index (χ4n) is 3.11. The van der Waals surface area contributed by atoms with Crippen LogP contribution in [-0.2, 0) is 6.54 Å². The summed E-state index contributed by atoms with van der Waals surface area (Å²) in [6, 6.07) is 5.67. The van der Waals surface area contributed by atoms with E-state index in [-0.39, 0.29) is 29.2 Å². The van der Waals surface area contributed by atoms with E-state index in [0.717, 1.165) is 6.42 Å². The van der Waals surface area contributed by atoms with Crippen molar-refractivity contribution in [3.8, 4) is 0 Å². The fourth-order valence-corrected chi connectivity index (χ4v) is 3.11. The average Bonchev–Trinajstić information content (AvgIpc) is 2.98. The number of carboxylic acid groups (broad SMARTS) is 1. The number of hydrogen-bond acceptors (Lipinski definition) is 4. The summed E-state index contributed by atoms with van der Waals surface area (Å²) in [5.74, 6) is 0. The lowest BCUT2D eigenvalue weighted by Crippen LogP contribution is -2.39. The molecule has 0 aliphatic carbocycles. The van der Waals surface area contributed by atoms with Gasteiger partial charge < -0.3 is 14.6 Å². The largest absolute Gasteiger partial charge is 0.465 e. The lowest BCUT2D eigenvalue weighted by Gasteiger charge is -2.22. The van der Waals surface area contributed by atoms with Crippen molar-refractivity contribution >= 4 is 22.6 Å². The number of non-ortho nitro benzene ring substituents is 1. The first-order valence-electron chi connectivity index (χ1n) is 7.25. The van der Waals surface area contributed by atoms with E-state index in [1.54, 1.807) is 6.07 Å². The minimum Gasteiger partial charge on any atom is -0.465 e. The molecule has 2 heterocycles. The molecule has 3 rings (SSSR count). The Morgan fingerprint density at radius 1 is 1.35 bits per heavy atom. The zero-order chi connectivity index (χ0) is 16.6. The summed E-state index contributed by atoms with van der Waals surface area (Å²) in [5.41, 5.74) is -0.455. The first-order chi connectivity index (χ1) is 11.0. The van der Waals surface area contributed by atoms with Gasteiger partial charge in [-0.15, -0.1) is 0 Å². The van der Waals surface area contributed by atoms with E-state index in [2.05, 4.69) is 0 Å². The van der Waals surface area contributed by atoms with E-state index in [4.69, 9.17) is 5.11 Å². The van der Waals surface area contributed by atoms with Crippen LogP contribution < -0.4 is 5.56 Å². The number of hydrogen-bond donors (Lipinski definition) is 1. The number of rotatable bonds is 3. The maximum absolute atomic E-state index is 12.5. The standard InChI is InChI=1S/C15H15N3O5/c19-14-12-4-1-5-13(18(22)23)11(12)6-8-16(14)9-10-3-2-7-17(10)15(20)21/h1,4-6,8,10H,2-3,7,9H2,(H,20,21). The second kappa shape index (κ2) is 5.71. The highest BCUT2D eigenvalue weighted by Gasteiger charge is 2.29. The molecule has 0 saturated carbocycles. The van der Waals surface area contributed by atoms with Crippen LogP contribution in [0.15, 0.2) is 35.3 Å². The monoisotopic (exact) mass is 317 g/mol. The van der Waals surface area contributed by atoms with Gasteiger partial charge >= 0.3 is 6.09 Å². The van der Waals surface area contributed by atoms with Crippen molar-refractivity contribution in [3.05, 3.63) is 50.9 Å². The molecular weight excluding hydrogens is 302 g/mol. The number of fused-ring (bicyclic) bond motifs is 1. The summed E-state index contributed by atoms with van der Waals surface area (Å²) in [6.07, 6.45) is 1.98. The van der Waals surface area contributed by atoms with Crippen LogP contribution in [0.1, 0.15) is 12.8 Å². The Bertz CT molecular complexity index is 845. The second-order valence-corrected chi connectivity index (χ2v) is 5.54. The fraction of sp³-hybridized carbons (Fsp3) is 0.333. The summed E-state index contributed by atoms with van der Waals surface area (Å²) in [7, 11) is 0. The number of aromatic nitrogens is 1. The maximum atomic E-state index is 12.5. The molecular formula is C15H15N3O5. The third kappa shape index (κ3) is 2.63. The summed E-state index contributed by atoms with van der Waals surface area (Å²) >= 11 is 0. The van der Waals surface area contributed by atoms with E-state index < -0.39 is 11.0 Å². The van der Waals surface area contributed by atoms with Gasteiger partial charge in [0.1, 0.15) is 0 Å². The molecule has 0 radical (unpaired) electrons. The van der Waals surface area contributed by atoms with Crippen LogP contribution in [0, 0.1) is 10.1 Å². The molecule has 2 aromatic rings. The van der Waals surface area contributed by atoms with Crippen LogP contribution in [-0.4, -0.2) is 38.2 Å². The molecule has 1 fully saturated rings. The van der Waals surface area contributed by atoms with Crippen LogP contribution in [0.5, 0.6) is 0 Å². The number of nitro benzene ring substituents is 1. The molecule has 120 valence electrons. The molecule has 1 atom stereocenters. The van der Waals surface area contributed by atoms with Crippen molar-refractivity contribution in [1.82, 2.24) is 9.47 Å². The second-order valence-electron chi connectivity index (χ2n) is 5.54. The Labute approximate surface area is 130 Å². The average molecular weight is 317 g/mol. The number of nitro groups is 1. The number of pyridine rings is 1. The zero-order valence-electron chi connectivity index (χ0n) is 12.2. The highest BCUT2D eigenvalue weighted by Crippen LogP contribution is 2.23. The highest BCUT2D eigenvalue weighted by molar-refractivity contribution is 5.89. The number of benzene rings is 1. The molecule has 1 saturated heterocycles. The normalized spacial score (nSPS) is 17.6. The predicted octanol–water partition coefficient (Wildman–Crippen LogP) is 2.05. The van der Waals surface area contributed by atoms with Crippen molar-refractivity contribution in [1.29, 1.82) is 0 Å². The maximum Gasteiger partial charge on any atom is 0.407 e. The molecule has 0 bridgehead atoms. The van der Waals surface area contributed by atoms with Crippen LogP contribution in [0.25, 0.3) is 10.8 Å². The summed E-state index contributed by atoms with van der Waals surface area (Å²) in [5, 5.41) is 20.8. The summed E-state index contributed by atoms with van der Waals surface area (Å²) in [4.78, 5) is 35.6. The Morgan fingerprint density at radius 3 is 2.83 bits per heavy atom. The first-order valence-corrected chi connectivity index (χ1v) is 7.25. The van der Waals surface area contributed by atoms with Crippen LogP contribution in [0.3, 0.4) is 0 Å². The van der Waals surface area contributed by atoms with Gasteiger partial charge in [0.05, 0.1) is 21.7 Å². The van der Waals surface area contributed by atoms with Crippen molar-refractivity contribution in [2.75, 3.05) is 6.54 Å². The van der Waals surface area contributed by atoms with Gasteiger partial charge in [0.15, 0.2) is 0 Å². The van der Waals surface area contributed by atoms with Crippen LogP contribution in [0.4, 0.5) is 10.5 Å². The van der Waals surface area contributed by atoms with Gasteiger partial charge in [-0.2, -0.15) is 0 Å². The first kappa shape index (κ1) is 15.0. The van der Waals surface area contributed by atoms with Crippen molar-refractivity contribution in [2.24, 2.45) is 0 Å². The van der Waals surface area contributed by atoms with Gasteiger partial charge in [-0.1, -0.05) is 6.07 Å². The van der Waals surface area contributed by atoms with Gasteiger partial charge in [0.25, 0.3) is 11.2 Å². The number of amides is 1. The lowest BCUT2D eigenvalue weighted by molar-refractivity contribution is -0.383. The number of carbonyl (C=O) groups is 1. The Hall–Kier alpha value is -2.90. The molecule has 8 nitrogen and oxygen atoms in total. The lowest BCUT2D eigenvalue weighted by atomic mass is 10.1. The summed E-state index contributed by atoms with van der Waals surface area (Å²) in [6.45, 7) is 0.720.